The molecule has 1 aromatic rings. The lowest BCUT2D eigenvalue weighted by atomic mass is 9.92. The van der Waals surface area contributed by atoms with Gasteiger partial charge in [-0.05, 0) is 37.3 Å². The van der Waals surface area contributed by atoms with E-state index >= 15 is 0 Å². The van der Waals surface area contributed by atoms with Crippen molar-refractivity contribution in [3.05, 3.63) is 23.5 Å². The Kier molecular flexibility index (Phi) is 3.12. The Hall–Kier alpha value is -0.800. The van der Waals surface area contributed by atoms with Crippen molar-refractivity contribution in [1.29, 1.82) is 0 Å². The first-order chi connectivity index (χ1) is 7.20. The summed E-state index contributed by atoms with van der Waals surface area (Å²) in [5.74, 6) is 0. The number of methoxy groups -OCH3 is 1. The highest BCUT2D eigenvalue weighted by Gasteiger charge is 2.18. The second-order valence-corrected chi connectivity index (χ2v) is 4.48. The molecule has 1 heterocycles. The van der Waals surface area contributed by atoms with Gasteiger partial charge in [0.25, 0.3) is 0 Å². The van der Waals surface area contributed by atoms with Crippen LogP contribution in [0.25, 0.3) is 0 Å². The van der Waals surface area contributed by atoms with E-state index in [2.05, 4.69) is 23.9 Å². The van der Waals surface area contributed by atoms with Crippen molar-refractivity contribution in [1.82, 2.24) is 4.57 Å². The van der Waals surface area contributed by atoms with E-state index in [1.54, 1.807) is 7.11 Å². The highest BCUT2D eigenvalue weighted by molar-refractivity contribution is 5.29. The van der Waals surface area contributed by atoms with Gasteiger partial charge >= 0.3 is 0 Å². The topological polar surface area (TPSA) is 40.2 Å². The van der Waals surface area contributed by atoms with E-state index in [0.29, 0.717) is 0 Å². The molecule has 0 aliphatic heterocycles. The molecule has 1 aliphatic rings. The fourth-order valence-corrected chi connectivity index (χ4v) is 2.26. The van der Waals surface area contributed by atoms with Gasteiger partial charge in [0.05, 0.1) is 6.10 Å². The maximum atomic E-state index is 6.08. The summed E-state index contributed by atoms with van der Waals surface area (Å²) in [5, 5.41) is 0. The third-order valence-corrected chi connectivity index (χ3v) is 3.23. The van der Waals surface area contributed by atoms with Gasteiger partial charge in [0, 0.05) is 32.1 Å². The van der Waals surface area contributed by atoms with E-state index in [0.717, 1.165) is 13.0 Å². The minimum Gasteiger partial charge on any atom is -0.380 e. The van der Waals surface area contributed by atoms with Crippen LogP contribution in [0.3, 0.4) is 0 Å². The number of nitrogens with two attached hydrogens (primary N) is 1. The number of fused-ring (bicyclic) bond motifs is 1. The molecule has 0 bridgehead atoms. The SMILES string of the molecule is COC(C)Cn1cc2c(c1)C(N)CCC2. The van der Waals surface area contributed by atoms with Crippen LogP contribution in [0.1, 0.15) is 36.9 Å². The van der Waals surface area contributed by atoms with E-state index in [9.17, 15) is 0 Å². The van der Waals surface area contributed by atoms with Crippen LogP contribution in [0, 0.1) is 0 Å². The molecule has 3 heteroatoms. The molecular formula is C12H20N2O. The van der Waals surface area contributed by atoms with Crippen molar-refractivity contribution < 1.29 is 4.74 Å². The number of hydrogen-bond donors (Lipinski definition) is 1. The van der Waals surface area contributed by atoms with Crippen LogP contribution < -0.4 is 5.73 Å². The van der Waals surface area contributed by atoms with Crippen molar-refractivity contribution in [2.24, 2.45) is 5.73 Å². The van der Waals surface area contributed by atoms with Gasteiger partial charge in [-0.25, -0.2) is 0 Å². The molecule has 0 saturated carbocycles. The van der Waals surface area contributed by atoms with Gasteiger partial charge in [0.1, 0.15) is 0 Å². The molecule has 84 valence electrons. The summed E-state index contributed by atoms with van der Waals surface area (Å²) in [4.78, 5) is 0. The second-order valence-electron chi connectivity index (χ2n) is 4.48. The highest BCUT2D eigenvalue weighted by Crippen LogP contribution is 2.28. The Morgan fingerprint density at radius 3 is 3.07 bits per heavy atom. The van der Waals surface area contributed by atoms with Crippen molar-refractivity contribution in [2.75, 3.05) is 7.11 Å². The standard InChI is InChI=1S/C12H20N2O/c1-9(15-2)6-14-7-10-4-3-5-12(13)11(10)8-14/h7-9,12H,3-6,13H2,1-2H3. The minimum atomic E-state index is 0.243. The smallest absolute Gasteiger partial charge is 0.0721 e. The molecule has 1 aliphatic carbocycles. The second kappa shape index (κ2) is 4.37. The molecule has 2 unspecified atom stereocenters. The lowest BCUT2D eigenvalue weighted by molar-refractivity contribution is 0.103. The quantitative estimate of drug-likeness (QED) is 0.823. The van der Waals surface area contributed by atoms with Crippen molar-refractivity contribution in [3.8, 4) is 0 Å². The first-order valence-corrected chi connectivity index (χ1v) is 5.67. The zero-order valence-electron chi connectivity index (χ0n) is 9.57. The molecule has 2 N–H and O–H groups in total. The Balaban J connectivity index is 2.14. The number of ether oxygens (including phenoxy) is 1. The van der Waals surface area contributed by atoms with Crippen LogP contribution >= 0.6 is 0 Å². The number of aromatic nitrogens is 1. The zero-order chi connectivity index (χ0) is 10.8. The van der Waals surface area contributed by atoms with Gasteiger partial charge in [0.15, 0.2) is 0 Å². The van der Waals surface area contributed by atoms with Gasteiger partial charge in [-0.2, -0.15) is 0 Å². The minimum absolute atomic E-state index is 0.243. The average Bonchev–Trinajstić information content (AvgIpc) is 2.62. The summed E-state index contributed by atoms with van der Waals surface area (Å²) < 4.78 is 7.47. The average molecular weight is 208 g/mol. The molecule has 15 heavy (non-hydrogen) atoms. The fourth-order valence-electron chi connectivity index (χ4n) is 2.26. The van der Waals surface area contributed by atoms with Crippen LogP contribution in [0.4, 0.5) is 0 Å². The third-order valence-electron chi connectivity index (χ3n) is 3.23. The van der Waals surface area contributed by atoms with Crippen LogP contribution in [0.5, 0.6) is 0 Å². The van der Waals surface area contributed by atoms with E-state index in [1.165, 1.54) is 24.0 Å². The molecule has 1 aromatic heterocycles. The maximum absolute atomic E-state index is 6.08. The Morgan fingerprint density at radius 1 is 1.60 bits per heavy atom. The molecule has 0 saturated heterocycles. The number of hydrogen-bond acceptors (Lipinski definition) is 2. The van der Waals surface area contributed by atoms with Crippen molar-refractivity contribution in [2.45, 2.75) is 44.9 Å². The molecular weight excluding hydrogens is 188 g/mol. The van der Waals surface area contributed by atoms with Crippen LogP contribution in [-0.2, 0) is 17.7 Å². The van der Waals surface area contributed by atoms with E-state index < -0.39 is 0 Å². The van der Waals surface area contributed by atoms with Crippen molar-refractivity contribution >= 4 is 0 Å². The largest absolute Gasteiger partial charge is 0.380 e. The van der Waals surface area contributed by atoms with Crippen molar-refractivity contribution in [3.63, 3.8) is 0 Å². The van der Waals surface area contributed by atoms with Gasteiger partial charge in [0.2, 0.25) is 0 Å². The van der Waals surface area contributed by atoms with Gasteiger partial charge < -0.3 is 15.0 Å². The van der Waals surface area contributed by atoms with E-state index in [-0.39, 0.29) is 12.1 Å². The molecule has 2 rings (SSSR count). The van der Waals surface area contributed by atoms with Gasteiger partial charge in [-0.1, -0.05) is 0 Å². The molecule has 0 aromatic carbocycles. The van der Waals surface area contributed by atoms with E-state index in [1.807, 2.05) is 0 Å². The summed E-state index contributed by atoms with van der Waals surface area (Å²) >= 11 is 0. The first kappa shape index (κ1) is 10.7. The Labute approximate surface area is 91.2 Å². The van der Waals surface area contributed by atoms with Gasteiger partial charge in [-0.3, -0.25) is 0 Å². The monoisotopic (exact) mass is 208 g/mol. The lowest BCUT2D eigenvalue weighted by Gasteiger charge is -2.17. The molecule has 0 fully saturated rings. The molecule has 0 amide bonds. The molecule has 0 radical (unpaired) electrons. The van der Waals surface area contributed by atoms with Crippen LogP contribution in [0.2, 0.25) is 0 Å². The lowest BCUT2D eigenvalue weighted by Crippen LogP contribution is -2.15. The summed E-state index contributed by atoms with van der Waals surface area (Å²) in [5.41, 5.74) is 8.84. The fraction of sp³-hybridized carbons (Fsp3) is 0.667. The summed E-state index contributed by atoms with van der Waals surface area (Å²) in [7, 11) is 1.75. The maximum Gasteiger partial charge on any atom is 0.0721 e. The third kappa shape index (κ3) is 2.24. The Bertz CT molecular complexity index is 332. The highest BCUT2D eigenvalue weighted by atomic mass is 16.5. The summed E-state index contributed by atoms with van der Waals surface area (Å²) in [6, 6.07) is 0.243. The molecule has 3 nitrogen and oxygen atoms in total. The molecule has 2 atom stereocenters. The summed E-state index contributed by atoms with van der Waals surface area (Å²) in [6.45, 7) is 3.00. The van der Waals surface area contributed by atoms with Crippen LogP contribution in [-0.4, -0.2) is 17.8 Å². The Morgan fingerprint density at radius 2 is 2.40 bits per heavy atom. The van der Waals surface area contributed by atoms with E-state index in [4.69, 9.17) is 10.5 Å². The zero-order valence-corrected chi connectivity index (χ0v) is 9.57. The molecule has 0 spiro atoms. The number of rotatable bonds is 3. The normalized spacial score (nSPS) is 22.5. The number of nitrogens with zero attached hydrogens (tertiary/aromatic N) is 1. The number of aryl methyl sites for hydroxylation is 1. The van der Waals surface area contributed by atoms with Crippen LogP contribution in [0.15, 0.2) is 12.4 Å². The predicted octanol–water partition coefficient (Wildman–Crippen LogP) is 1.86. The van der Waals surface area contributed by atoms with Gasteiger partial charge in [-0.15, -0.1) is 0 Å². The summed E-state index contributed by atoms with van der Waals surface area (Å²) in [6.07, 6.45) is 8.19. The first-order valence-electron chi connectivity index (χ1n) is 5.67. The predicted molar refractivity (Wildman–Crippen MR) is 60.8 cm³/mol.